The summed E-state index contributed by atoms with van der Waals surface area (Å²) in [6, 6.07) is 0. The summed E-state index contributed by atoms with van der Waals surface area (Å²) in [5, 5.41) is 1.14. The van der Waals surface area contributed by atoms with Crippen LogP contribution in [0, 0.1) is 5.92 Å². The second-order valence-corrected chi connectivity index (χ2v) is 2.84. The van der Waals surface area contributed by atoms with Gasteiger partial charge < -0.3 is 0 Å². The van der Waals surface area contributed by atoms with Crippen LogP contribution in [0.2, 0.25) is 0 Å². The molecule has 1 nitrogen and oxygen atoms in total. The van der Waals surface area contributed by atoms with E-state index in [-0.39, 0.29) is 0 Å². The second kappa shape index (κ2) is 4.62. The fraction of sp³-hybridized carbons (Fsp3) is 0.571. The van der Waals surface area contributed by atoms with Crippen LogP contribution in [-0.2, 0) is 0 Å². The molecule has 0 saturated carbocycles. The highest BCUT2D eigenvalue weighted by Crippen LogP contribution is 2.08. The Bertz CT molecular complexity index is 116. The van der Waals surface area contributed by atoms with Crippen molar-refractivity contribution in [1.29, 1.82) is 0 Å². The lowest BCUT2D eigenvalue weighted by atomic mass is 10.2. The van der Waals surface area contributed by atoms with Gasteiger partial charge in [0.05, 0.1) is 5.04 Å². The van der Waals surface area contributed by atoms with Gasteiger partial charge in [-0.05, 0) is 6.26 Å². The minimum atomic E-state index is 0.526. The SMILES string of the molecule is C=CN=C(SC)C(C)C. The summed E-state index contributed by atoms with van der Waals surface area (Å²) in [5.74, 6) is 0.526. The normalized spacial score (nSPS) is 12.2. The molecule has 0 aromatic carbocycles. The monoisotopic (exact) mass is 143 g/mol. The van der Waals surface area contributed by atoms with Crippen molar-refractivity contribution in [1.82, 2.24) is 0 Å². The first kappa shape index (κ1) is 8.76. The minimum absolute atomic E-state index is 0.526. The van der Waals surface area contributed by atoms with E-state index >= 15 is 0 Å². The van der Waals surface area contributed by atoms with Crippen molar-refractivity contribution in [2.24, 2.45) is 10.9 Å². The maximum atomic E-state index is 4.09. The van der Waals surface area contributed by atoms with Gasteiger partial charge in [0.2, 0.25) is 0 Å². The van der Waals surface area contributed by atoms with Crippen LogP contribution in [0.4, 0.5) is 0 Å². The lowest BCUT2D eigenvalue weighted by Crippen LogP contribution is -2.00. The van der Waals surface area contributed by atoms with Gasteiger partial charge >= 0.3 is 0 Å². The third-order valence-electron chi connectivity index (χ3n) is 0.922. The van der Waals surface area contributed by atoms with Crippen LogP contribution >= 0.6 is 11.8 Å². The number of thioether (sulfide) groups is 1. The molecule has 0 amide bonds. The summed E-state index contributed by atoms with van der Waals surface area (Å²) >= 11 is 1.68. The Labute approximate surface area is 61.3 Å². The highest BCUT2D eigenvalue weighted by molar-refractivity contribution is 8.13. The first-order valence-electron chi connectivity index (χ1n) is 2.95. The van der Waals surface area contributed by atoms with Gasteiger partial charge in [0.15, 0.2) is 0 Å². The number of hydrogen-bond acceptors (Lipinski definition) is 2. The predicted octanol–water partition coefficient (Wildman–Crippen LogP) is 2.55. The van der Waals surface area contributed by atoms with E-state index in [9.17, 15) is 0 Å². The van der Waals surface area contributed by atoms with Crippen LogP contribution in [0.5, 0.6) is 0 Å². The zero-order valence-corrected chi connectivity index (χ0v) is 7.03. The summed E-state index contributed by atoms with van der Waals surface area (Å²) in [4.78, 5) is 4.09. The third kappa shape index (κ3) is 3.36. The highest BCUT2D eigenvalue weighted by Gasteiger charge is 1.99. The van der Waals surface area contributed by atoms with Gasteiger partial charge in [-0.3, -0.25) is 4.99 Å². The van der Waals surface area contributed by atoms with Gasteiger partial charge in [-0.1, -0.05) is 20.4 Å². The average Bonchev–Trinajstić information content (AvgIpc) is 1.82. The molecule has 0 radical (unpaired) electrons. The molecule has 52 valence electrons. The largest absolute Gasteiger partial charge is 0.255 e. The van der Waals surface area contributed by atoms with E-state index in [4.69, 9.17) is 0 Å². The minimum Gasteiger partial charge on any atom is -0.255 e. The number of hydrogen-bond donors (Lipinski definition) is 0. The van der Waals surface area contributed by atoms with Crippen molar-refractivity contribution in [2.75, 3.05) is 6.26 Å². The lowest BCUT2D eigenvalue weighted by Gasteiger charge is -2.03. The Morgan fingerprint density at radius 3 is 2.33 bits per heavy atom. The molecule has 0 fully saturated rings. The van der Waals surface area contributed by atoms with Crippen LogP contribution < -0.4 is 0 Å². The molecular formula is C7H13NS. The summed E-state index contributed by atoms with van der Waals surface area (Å²) < 4.78 is 0. The standard InChI is InChI=1S/C7H13NS/c1-5-8-7(9-4)6(2)3/h5-6H,1H2,2-4H3. The molecule has 0 aromatic rings. The number of nitrogens with zero attached hydrogens (tertiary/aromatic N) is 1. The molecule has 2 heteroatoms. The smallest absolute Gasteiger partial charge is 0.0753 e. The maximum Gasteiger partial charge on any atom is 0.0753 e. The molecule has 0 rings (SSSR count). The van der Waals surface area contributed by atoms with Gasteiger partial charge in [-0.25, -0.2) is 0 Å². The zero-order valence-electron chi connectivity index (χ0n) is 6.22. The van der Waals surface area contributed by atoms with Crippen LogP contribution in [0.1, 0.15) is 13.8 Å². The number of rotatable bonds is 2. The van der Waals surface area contributed by atoms with Gasteiger partial charge in [-0.15, -0.1) is 11.8 Å². The van der Waals surface area contributed by atoms with E-state index in [0.29, 0.717) is 5.92 Å². The van der Waals surface area contributed by atoms with Crippen LogP contribution in [0.15, 0.2) is 17.8 Å². The van der Waals surface area contributed by atoms with Crippen molar-refractivity contribution < 1.29 is 0 Å². The molecule has 0 unspecified atom stereocenters. The molecule has 0 spiro atoms. The van der Waals surface area contributed by atoms with E-state index in [2.05, 4.69) is 25.4 Å². The topological polar surface area (TPSA) is 12.4 Å². The van der Waals surface area contributed by atoms with Crippen molar-refractivity contribution in [3.8, 4) is 0 Å². The van der Waals surface area contributed by atoms with Gasteiger partial charge in [0, 0.05) is 12.1 Å². The van der Waals surface area contributed by atoms with Crippen molar-refractivity contribution >= 4 is 16.8 Å². The molecule has 0 aliphatic heterocycles. The van der Waals surface area contributed by atoms with Gasteiger partial charge in [0.1, 0.15) is 0 Å². The third-order valence-corrected chi connectivity index (χ3v) is 1.92. The van der Waals surface area contributed by atoms with Crippen molar-refractivity contribution in [2.45, 2.75) is 13.8 Å². The van der Waals surface area contributed by atoms with Crippen LogP contribution in [0.25, 0.3) is 0 Å². The molecule has 0 N–H and O–H groups in total. The van der Waals surface area contributed by atoms with Gasteiger partial charge in [-0.2, -0.15) is 0 Å². The summed E-state index contributed by atoms with van der Waals surface area (Å²) in [6.45, 7) is 7.78. The summed E-state index contributed by atoms with van der Waals surface area (Å²) in [7, 11) is 0. The first-order chi connectivity index (χ1) is 4.22. The average molecular weight is 143 g/mol. The Morgan fingerprint density at radius 1 is 1.67 bits per heavy atom. The lowest BCUT2D eigenvalue weighted by molar-refractivity contribution is 0.900. The van der Waals surface area contributed by atoms with E-state index in [0.717, 1.165) is 5.04 Å². The van der Waals surface area contributed by atoms with Gasteiger partial charge in [0.25, 0.3) is 0 Å². The van der Waals surface area contributed by atoms with Crippen molar-refractivity contribution in [3.05, 3.63) is 12.8 Å². The number of aliphatic imine (C=N–C) groups is 1. The van der Waals surface area contributed by atoms with E-state index in [1.165, 1.54) is 0 Å². The Morgan fingerprint density at radius 2 is 2.22 bits per heavy atom. The molecule has 0 bridgehead atoms. The van der Waals surface area contributed by atoms with E-state index < -0.39 is 0 Å². The fourth-order valence-electron chi connectivity index (χ4n) is 0.527. The molecule has 0 aliphatic rings. The van der Waals surface area contributed by atoms with Crippen LogP contribution in [-0.4, -0.2) is 11.3 Å². The zero-order chi connectivity index (χ0) is 7.28. The summed E-state index contributed by atoms with van der Waals surface area (Å²) in [5.41, 5.74) is 0. The predicted molar refractivity (Wildman–Crippen MR) is 46.0 cm³/mol. The Hall–Kier alpha value is -0.240. The molecular weight excluding hydrogens is 130 g/mol. The van der Waals surface area contributed by atoms with E-state index in [1.54, 1.807) is 18.0 Å². The maximum absolute atomic E-state index is 4.09. The molecule has 0 aliphatic carbocycles. The Kier molecular flexibility index (Phi) is 4.50. The van der Waals surface area contributed by atoms with E-state index in [1.807, 2.05) is 6.26 Å². The first-order valence-corrected chi connectivity index (χ1v) is 4.17. The molecule has 0 aromatic heterocycles. The molecule has 0 heterocycles. The van der Waals surface area contributed by atoms with Crippen LogP contribution in [0.3, 0.4) is 0 Å². The fourth-order valence-corrected chi connectivity index (χ4v) is 1.18. The molecule has 0 atom stereocenters. The highest BCUT2D eigenvalue weighted by atomic mass is 32.2. The Balaban J connectivity index is 3.96. The molecule has 0 saturated heterocycles. The quantitative estimate of drug-likeness (QED) is 0.427. The van der Waals surface area contributed by atoms with Crippen molar-refractivity contribution in [3.63, 3.8) is 0 Å². The second-order valence-electron chi connectivity index (χ2n) is 2.01. The summed E-state index contributed by atoms with van der Waals surface area (Å²) in [6.07, 6.45) is 3.62. The molecule has 9 heavy (non-hydrogen) atoms.